The highest BCUT2D eigenvalue weighted by Crippen LogP contribution is 2.28. The fraction of sp³-hybridized carbons (Fsp3) is 1.00. The summed E-state index contributed by atoms with van der Waals surface area (Å²) in [7, 11) is 0. The lowest BCUT2D eigenvalue weighted by Crippen LogP contribution is -2.56. The van der Waals surface area contributed by atoms with E-state index < -0.39 is 0 Å². The highest BCUT2D eigenvalue weighted by molar-refractivity contribution is 4.93. The maximum Gasteiger partial charge on any atom is 0.0753 e. The van der Waals surface area contributed by atoms with Gasteiger partial charge in [0.15, 0.2) is 0 Å². The summed E-state index contributed by atoms with van der Waals surface area (Å²) in [5.41, 5.74) is 0.0393. The Hall–Kier alpha value is -0.120. The summed E-state index contributed by atoms with van der Waals surface area (Å²) in [6.07, 6.45) is 4.07. The number of nitrogens with one attached hydrogen (secondary N) is 1. The van der Waals surface area contributed by atoms with Crippen molar-refractivity contribution in [2.24, 2.45) is 0 Å². The minimum atomic E-state index is 0.0393. The molecule has 0 bridgehead atoms. The Labute approximate surface area is 99.5 Å². The molecule has 94 valence electrons. The molecule has 0 amide bonds. The second-order valence-corrected chi connectivity index (χ2v) is 5.74. The summed E-state index contributed by atoms with van der Waals surface area (Å²) in [6.45, 7) is 10.8. The zero-order valence-corrected chi connectivity index (χ0v) is 11.0. The predicted octanol–water partition coefficient (Wildman–Crippen LogP) is 1.63. The molecule has 16 heavy (non-hydrogen) atoms. The lowest BCUT2D eigenvalue weighted by molar-refractivity contribution is -0.0985. The van der Waals surface area contributed by atoms with E-state index in [1.165, 1.54) is 19.3 Å². The fourth-order valence-electron chi connectivity index (χ4n) is 3.21. The van der Waals surface area contributed by atoms with Crippen LogP contribution in [0.2, 0.25) is 0 Å². The second kappa shape index (κ2) is 5.03. The summed E-state index contributed by atoms with van der Waals surface area (Å²) in [5.74, 6) is 0. The van der Waals surface area contributed by atoms with Crippen molar-refractivity contribution in [1.29, 1.82) is 0 Å². The number of nitrogens with zero attached hydrogens (tertiary/aromatic N) is 1. The Kier molecular flexibility index (Phi) is 3.88. The maximum atomic E-state index is 5.79. The molecule has 2 fully saturated rings. The molecule has 2 unspecified atom stereocenters. The van der Waals surface area contributed by atoms with Crippen LogP contribution >= 0.6 is 0 Å². The minimum Gasteiger partial charge on any atom is -0.373 e. The van der Waals surface area contributed by atoms with Gasteiger partial charge in [0.05, 0.1) is 12.2 Å². The number of hydrogen-bond acceptors (Lipinski definition) is 3. The Balaban J connectivity index is 1.95. The van der Waals surface area contributed by atoms with Gasteiger partial charge in [0.1, 0.15) is 0 Å². The maximum absolute atomic E-state index is 5.79. The quantitative estimate of drug-likeness (QED) is 0.791. The van der Waals surface area contributed by atoms with E-state index in [-0.39, 0.29) is 5.60 Å². The van der Waals surface area contributed by atoms with Crippen LogP contribution in [0.4, 0.5) is 0 Å². The van der Waals surface area contributed by atoms with E-state index in [2.05, 4.69) is 31.0 Å². The molecule has 1 N–H and O–H groups in total. The molecule has 0 aromatic heterocycles. The minimum absolute atomic E-state index is 0.0393. The van der Waals surface area contributed by atoms with Crippen molar-refractivity contribution < 1.29 is 4.74 Å². The van der Waals surface area contributed by atoms with Crippen molar-refractivity contribution in [3.8, 4) is 0 Å². The van der Waals surface area contributed by atoms with Crippen LogP contribution in [0, 0.1) is 0 Å². The summed E-state index contributed by atoms with van der Waals surface area (Å²) in [5, 5.41) is 3.64. The molecule has 3 nitrogen and oxygen atoms in total. The van der Waals surface area contributed by atoms with Crippen molar-refractivity contribution in [2.75, 3.05) is 26.2 Å². The number of hydrogen-bond donors (Lipinski definition) is 1. The van der Waals surface area contributed by atoms with E-state index in [1.807, 2.05) is 0 Å². The average Bonchev–Trinajstić information content (AvgIpc) is 2.65. The van der Waals surface area contributed by atoms with Crippen molar-refractivity contribution in [3.05, 3.63) is 0 Å². The Bertz CT molecular complexity index is 230. The summed E-state index contributed by atoms with van der Waals surface area (Å²) < 4.78 is 5.79. The van der Waals surface area contributed by atoms with Gasteiger partial charge in [-0.2, -0.15) is 0 Å². The van der Waals surface area contributed by atoms with Crippen molar-refractivity contribution in [3.63, 3.8) is 0 Å². The zero-order valence-electron chi connectivity index (χ0n) is 11.0. The van der Waals surface area contributed by atoms with Crippen molar-refractivity contribution in [1.82, 2.24) is 10.2 Å². The molecular formula is C13H26N2O. The van der Waals surface area contributed by atoms with E-state index in [4.69, 9.17) is 4.74 Å². The molecule has 2 rings (SSSR count). The predicted molar refractivity (Wildman–Crippen MR) is 66.7 cm³/mol. The van der Waals surface area contributed by atoms with Crippen LogP contribution in [-0.2, 0) is 4.74 Å². The molecular weight excluding hydrogens is 200 g/mol. The first kappa shape index (κ1) is 12.3. The van der Waals surface area contributed by atoms with Gasteiger partial charge in [-0.3, -0.25) is 4.90 Å². The topological polar surface area (TPSA) is 24.5 Å². The van der Waals surface area contributed by atoms with Crippen LogP contribution in [0.5, 0.6) is 0 Å². The SMILES string of the molecule is CCNC1CCCC1N1CCOC(C)(C)C1. The number of likely N-dealkylation sites (N-methyl/N-ethyl adjacent to an activating group) is 1. The lowest BCUT2D eigenvalue weighted by atomic mass is 10.0. The molecule has 2 aliphatic rings. The average molecular weight is 226 g/mol. The highest BCUT2D eigenvalue weighted by Gasteiger charge is 2.36. The first-order valence-electron chi connectivity index (χ1n) is 6.74. The van der Waals surface area contributed by atoms with Gasteiger partial charge in [0.2, 0.25) is 0 Å². The second-order valence-electron chi connectivity index (χ2n) is 5.74. The standard InChI is InChI=1S/C13H26N2O/c1-4-14-11-6-5-7-12(11)15-8-9-16-13(2,3)10-15/h11-12,14H,4-10H2,1-3H3. The molecule has 1 aliphatic heterocycles. The van der Waals surface area contributed by atoms with E-state index in [0.29, 0.717) is 6.04 Å². The third-order valence-electron chi connectivity index (χ3n) is 3.87. The van der Waals surface area contributed by atoms with E-state index in [9.17, 15) is 0 Å². The van der Waals surface area contributed by atoms with Gasteiger partial charge in [-0.1, -0.05) is 13.3 Å². The molecule has 0 aromatic rings. The monoisotopic (exact) mass is 226 g/mol. The molecule has 0 radical (unpaired) electrons. The molecule has 0 spiro atoms. The Morgan fingerprint density at radius 3 is 2.88 bits per heavy atom. The third kappa shape index (κ3) is 2.76. The third-order valence-corrected chi connectivity index (χ3v) is 3.87. The van der Waals surface area contributed by atoms with Gasteiger partial charge in [-0.25, -0.2) is 0 Å². The van der Waals surface area contributed by atoms with Crippen LogP contribution < -0.4 is 5.32 Å². The van der Waals surface area contributed by atoms with Gasteiger partial charge in [-0.05, 0) is 33.2 Å². The fourth-order valence-corrected chi connectivity index (χ4v) is 3.21. The van der Waals surface area contributed by atoms with Crippen LogP contribution in [0.1, 0.15) is 40.0 Å². The first-order valence-corrected chi connectivity index (χ1v) is 6.74. The normalized spacial score (nSPS) is 35.4. The summed E-state index contributed by atoms with van der Waals surface area (Å²) in [6, 6.07) is 1.45. The van der Waals surface area contributed by atoms with E-state index in [1.54, 1.807) is 0 Å². The van der Waals surface area contributed by atoms with Crippen molar-refractivity contribution in [2.45, 2.75) is 57.7 Å². The van der Waals surface area contributed by atoms with Gasteiger partial charge < -0.3 is 10.1 Å². The summed E-state index contributed by atoms with van der Waals surface area (Å²) >= 11 is 0. The number of rotatable bonds is 3. The molecule has 0 aromatic carbocycles. The zero-order chi connectivity index (χ0) is 11.6. The highest BCUT2D eigenvalue weighted by atomic mass is 16.5. The largest absolute Gasteiger partial charge is 0.373 e. The smallest absolute Gasteiger partial charge is 0.0753 e. The molecule has 1 heterocycles. The van der Waals surface area contributed by atoms with Gasteiger partial charge >= 0.3 is 0 Å². The number of ether oxygens (including phenoxy) is 1. The number of morpholine rings is 1. The lowest BCUT2D eigenvalue weighted by Gasteiger charge is -2.43. The van der Waals surface area contributed by atoms with Crippen LogP contribution in [0.25, 0.3) is 0 Å². The van der Waals surface area contributed by atoms with Crippen LogP contribution in [-0.4, -0.2) is 48.8 Å². The van der Waals surface area contributed by atoms with E-state index >= 15 is 0 Å². The Morgan fingerprint density at radius 2 is 2.19 bits per heavy atom. The molecule has 1 aliphatic carbocycles. The molecule has 1 saturated carbocycles. The van der Waals surface area contributed by atoms with Crippen LogP contribution in [0.3, 0.4) is 0 Å². The van der Waals surface area contributed by atoms with Gasteiger partial charge in [0.25, 0.3) is 0 Å². The Morgan fingerprint density at radius 1 is 1.38 bits per heavy atom. The van der Waals surface area contributed by atoms with Gasteiger partial charge in [0, 0.05) is 25.2 Å². The molecule has 3 heteroatoms. The first-order chi connectivity index (χ1) is 7.62. The van der Waals surface area contributed by atoms with Crippen LogP contribution in [0.15, 0.2) is 0 Å². The van der Waals surface area contributed by atoms with Gasteiger partial charge in [-0.15, -0.1) is 0 Å². The summed E-state index contributed by atoms with van der Waals surface area (Å²) in [4.78, 5) is 2.64. The molecule has 1 saturated heterocycles. The molecule has 2 atom stereocenters. The van der Waals surface area contributed by atoms with E-state index in [0.717, 1.165) is 32.3 Å². The van der Waals surface area contributed by atoms with Crippen molar-refractivity contribution >= 4 is 0 Å².